The van der Waals surface area contributed by atoms with Crippen LogP contribution < -0.4 is 4.90 Å². The van der Waals surface area contributed by atoms with E-state index in [1.807, 2.05) is 11.0 Å². The van der Waals surface area contributed by atoms with Gasteiger partial charge in [0.1, 0.15) is 0 Å². The lowest BCUT2D eigenvalue weighted by atomic mass is 9.50. The van der Waals surface area contributed by atoms with E-state index in [0.29, 0.717) is 12.6 Å². The smallest absolute Gasteiger partial charge is 0.302 e. The van der Waals surface area contributed by atoms with Crippen molar-refractivity contribution in [3.8, 4) is 0 Å². The zero-order valence-electron chi connectivity index (χ0n) is 17.6. The molecule has 0 aromatic heterocycles. The highest BCUT2D eigenvalue weighted by molar-refractivity contribution is 5.96. The van der Waals surface area contributed by atoms with Crippen LogP contribution in [0.2, 0.25) is 0 Å². The topological polar surface area (TPSA) is 49.9 Å². The summed E-state index contributed by atoms with van der Waals surface area (Å²) < 4.78 is 5.57. The fraction of sp³-hybridized carbons (Fsp3) is 0.583. The summed E-state index contributed by atoms with van der Waals surface area (Å²) >= 11 is 0. The molecule has 5 rings (SSSR count). The number of hydrogen-bond donors (Lipinski definition) is 0. The molecule has 4 aliphatic rings. The SMILES string of the molecule is CC[C@@]12C=CCN3CC[C@]4(c5ccccc5N(C(C)=O)[C@@H]4C(COC(C)=O)C1)[C@H]32. The number of ether oxygens (including phenoxy) is 1. The lowest BCUT2D eigenvalue weighted by molar-refractivity contribution is -0.144. The number of para-hydroxylation sites is 1. The molecule has 1 spiro atoms. The van der Waals surface area contributed by atoms with Crippen molar-refractivity contribution in [1.82, 2.24) is 4.90 Å². The second-order valence-electron chi connectivity index (χ2n) is 9.29. The predicted molar refractivity (Wildman–Crippen MR) is 112 cm³/mol. The van der Waals surface area contributed by atoms with E-state index in [4.69, 9.17) is 4.74 Å². The van der Waals surface area contributed by atoms with Crippen molar-refractivity contribution in [2.75, 3.05) is 24.6 Å². The van der Waals surface area contributed by atoms with Crippen LogP contribution in [0.15, 0.2) is 36.4 Å². The number of anilines is 1. The van der Waals surface area contributed by atoms with E-state index in [0.717, 1.165) is 38.0 Å². The number of carbonyl (C=O) groups excluding carboxylic acids is 2. The maximum Gasteiger partial charge on any atom is 0.302 e. The molecule has 3 heterocycles. The van der Waals surface area contributed by atoms with E-state index in [9.17, 15) is 9.59 Å². The Bertz CT molecular complexity index is 896. The first kappa shape index (κ1) is 18.9. The van der Waals surface area contributed by atoms with Crippen LogP contribution >= 0.6 is 0 Å². The van der Waals surface area contributed by atoms with Crippen molar-refractivity contribution in [1.29, 1.82) is 0 Å². The zero-order valence-corrected chi connectivity index (χ0v) is 17.6. The molecule has 2 fully saturated rings. The maximum atomic E-state index is 12.9. The monoisotopic (exact) mass is 394 g/mol. The van der Waals surface area contributed by atoms with Gasteiger partial charge in [-0.2, -0.15) is 0 Å². The molecule has 5 heteroatoms. The molecule has 1 amide bonds. The number of benzene rings is 1. The van der Waals surface area contributed by atoms with Gasteiger partial charge in [0.2, 0.25) is 5.91 Å². The van der Waals surface area contributed by atoms with Gasteiger partial charge in [-0.25, -0.2) is 0 Å². The predicted octanol–water partition coefficient (Wildman–Crippen LogP) is 3.28. The molecule has 1 unspecified atom stereocenters. The lowest BCUT2D eigenvalue weighted by Gasteiger charge is -2.59. The van der Waals surface area contributed by atoms with E-state index < -0.39 is 0 Å². The Morgan fingerprint density at radius 2 is 2.03 bits per heavy atom. The highest BCUT2D eigenvalue weighted by Gasteiger charge is 2.70. The minimum atomic E-state index is -0.246. The molecule has 1 saturated heterocycles. The molecule has 1 aromatic rings. The highest BCUT2D eigenvalue weighted by atomic mass is 16.5. The lowest BCUT2D eigenvalue weighted by Crippen LogP contribution is -2.67. The molecule has 0 bridgehead atoms. The Balaban J connectivity index is 1.74. The fourth-order valence-electron chi connectivity index (χ4n) is 7.32. The largest absolute Gasteiger partial charge is 0.465 e. The van der Waals surface area contributed by atoms with Gasteiger partial charge < -0.3 is 9.64 Å². The van der Waals surface area contributed by atoms with Gasteiger partial charge in [-0.15, -0.1) is 0 Å². The van der Waals surface area contributed by atoms with Gasteiger partial charge in [0.25, 0.3) is 0 Å². The summed E-state index contributed by atoms with van der Waals surface area (Å²) in [6.07, 6.45) is 7.81. The van der Waals surface area contributed by atoms with Gasteiger partial charge >= 0.3 is 5.97 Å². The summed E-state index contributed by atoms with van der Waals surface area (Å²) in [6.45, 7) is 7.84. The zero-order chi connectivity index (χ0) is 20.4. The average Bonchev–Trinajstić information content (AvgIpc) is 3.24. The van der Waals surface area contributed by atoms with E-state index in [-0.39, 0.29) is 34.7 Å². The summed E-state index contributed by atoms with van der Waals surface area (Å²) in [5, 5.41) is 0. The first-order valence-corrected chi connectivity index (χ1v) is 10.9. The van der Waals surface area contributed by atoms with Crippen molar-refractivity contribution >= 4 is 17.6 Å². The van der Waals surface area contributed by atoms with E-state index in [1.54, 1.807) is 6.92 Å². The first-order chi connectivity index (χ1) is 13.9. The van der Waals surface area contributed by atoms with Crippen LogP contribution in [0.4, 0.5) is 5.69 Å². The van der Waals surface area contributed by atoms with Crippen molar-refractivity contribution < 1.29 is 14.3 Å². The van der Waals surface area contributed by atoms with Crippen LogP contribution in [0.1, 0.15) is 45.6 Å². The first-order valence-electron chi connectivity index (χ1n) is 10.9. The van der Waals surface area contributed by atoms with Crippen molar-refractivity contribution in [2.24, 2.45) is 11.3 Å². The van der Waals surface area contributed by atoms with Gasteiger partial charge in [-0.3, -0.25) is 14.5 Å². The summed E-state index contributed by atoms with van der Waals surface area (Å²) in [5.41, 5.74) is 2.32. The third-order valence-corrected chi connectivity index (χ3v) is 8.06. The third kappa shape index (κ3) is 2.37. The Labute approximate surface area is 172 Å². The van der Waals surface area contributed by atoms with Gasteiger partial charge in [-0.1, -0.05) is 37.3 Å². The van der Waals surface area contributed by atoms with Crippen molar-refractivity contribution in [3.05, 3.63) is 42.0 Å². The van der Waals surface area contributed by atoms with Crippen LogP contribution in [0.25, 0.3) is 0 Å². The number of rotatable bonds is 3. The van der Waals surface area contributed by atoms with Gasteiger partial charge in [0.05, 0.1) is 12.6 Å². The minimum absolute atomic E-state index is 0.0397. The van der Waals surface area contributed by atoms with Gasteiger partial charge in [0, 0.05) is 48.9 Å². The second kappa shape index (κ2) is 6.43. The van der Waals surface area contributed by atoms with E-state index in [2.05, 4.69) is 42.2 Å². The Morgan fingerprint density at radius 3 is 2.76 bits per heavy atom. The molecule has 1 saturated carbocycles. The Morgan fingerprint density at radius 1 is 1.24 bits per heavy atom. The molecule has 29 heavy (non-hydrogen) atoms. The summed E-state index contributed by atoms with van der Waals surface area (Å²) in [6, 6.07) is 8.90. The number of carbonyl (C=O) groups is 2. The molecule has 5 nitrogen and oxygen atoms in total. The molecular formula is C24H30N2O3. The number of fused-ring (bicyclic) bond motifs is 1. The molecule has 0 N–H and O–H groups in total. The normalized spacial score (nSPS) is 37.1. The summed E-state index contributed by atoms with van der Waals surface area (Å²) in [7, 11) is 0. The van der Waals surface area contributed by atoms with Crippen LogP contribution in [0, 0.1) is 11.3 Å². The molecule has 1 aliphatic carbocycles. The number of hydrogen-bond acceptors (Lipinski definition) is 4. The van der Waals surface area contributed by atoms with Crippen molar-refractivity contribution in [3.63, 3.8) is 0 Å². The van der Waals surface area contributed by atoms with Crippen LogP contribution in [-0.2, 0) is 19.7 Å². The number of nitrogens with zero attached hydrogens (tertiary/aromatic N) is 2. The summed E-state index contributed by atoms with van der Waals surface area (Å²) in [5.74, 6) is -0.0427. The Hall–Kier alpha value is -2.14. The average molecular weight is 395 g/mol. The molecule has 0 radical (unpaired) electrons. The standard InChI is InChI=1S/C24H30N2O3/c1-4-23-10-7-12-25-13-11-24(22(23)25)19-8-5-6-9-20(19)26(16(2)27)21(24)18(14-23)15-29-17(3)28/h5-10,18,21-22H,4,11-15H2,1-3H3/t18?,21-,22-,23-,24-/m1/s1. The molecular weight excluding hydrogens is 364 g/mol. The van der Waals surface area contributed by atoms with Crippen LogP contribution in [0.3, 0.4) is 0 Å². The highest BCUT2D eigenvalue weighted by Crippen LogP contribution is 2.65. The van der Waals surface area contributed by atoms with Crippen molar-refractivity contribution in [2.45, 2.75) is 57.5 Å². The summed E-state index contributed by atoms with van der Waals surface area (Å²) in [4.78, 5) is 29.3. The second-order valence-corrected chi connectivity index (χ2v) is 9.29. The fourth-order valence-corrected chi connectivity index (χ4v) is 7.32. The number of esters is 1. The maximum absolute atomic E-state index is 12.9. The Kier molecular flexibility index (Phi) is 4.18. The quantitative estimate of drug-likeness (QED) is 0.583. The third-order valence-electron chi connectivity index (χ3n) is 8.06. The molecule has 154 valence electrons. The number of amides is 1. The van der Waals surface area contributed by atoms with Gasteiger partial charge in [-0.05, 0) is 37.4 Å². The van der Waals surface area contributed by atoms with Crippen LogP contribution in [0.5, 0.6) is 0 Å². The van der Waals surface area contributed by atoms with E-state index in [1.165, 1.54) is 12.5 Å². The molecule has 3 aliphatic heterocycles. The minimum Gasteiger partial charge on any atom is -0.465 e. The van der Waals surface area contributed by atoms with Crippen LogP contribution in [-0.4, -0.2) is 48.6 Å². The molecule has 1 aromatic carbocycles. The van der Waals surface area contributed by atoms with E-state index >= 15 is 0 Å². The van der Waals surface area contributed by atoms with Gasteiger partial charge in [0.15, 0.2) is 0 Å². The molecule has 5 atom stereocenters.